The SMILES string of the molecule is COc1ccccc1COc1ccc2[nH]cc(C(=O)O)c(=O)c2c1. The number of ether oxygens (including phenoxy) is 2. The predicted molar refractivity (Wildman–Crippen MR) is 88.9 cm³/mol. The van der Waals surface area contributed by atoms with E-state index in [9.17, 15) is 9.59 Å². The minimum Gasteiger partial charge on any atom is -0.496 e. The van der Waals surface area contributed by atoms with Crippen LogP contribution in [0.1, 0.15) is 15.9 Å². The van der Waals surface area contributed by atoms with Crippen LogP contribution < -0.4 is 14.9 Å². The number of para-hydroxylation sites is 1. The topological polar surface area (TPSA) is 88.6 Å². The third kappa shape index (κ3) is 2.94. The zero-order valence-corrected chi connectivity index (χ0v) is 12.9. The van der Waals surface area contributed by atoms with Gasteiger partial charge in [-0.1, -0.05) is 18.2 Å². The standard InChI is InChI=1S/C18H15NO5/c1-23-16-5-3-2-4-11(16)10-24-12-6-7-15-13(8-12)17(20)14(9-19-15)18(21)22/h2-9H,10H2,1H3,(H,19,20)(H,21,22). The Balaban J connectivity index is 1.92. The van der Waals surface area contributed by atoms with Crippen molar-refractivity contribution in [2.75, 3.05) is 7.11 Å². The van der Waals surface area contributed by atoms with Gasteiger partial charge < -0.3 is 19.6 Å². The molecule has 0 saturated heterocycles. The number of pyridine rings is 1. The second kappa shape index (κ2) is 6.45. The zero-order valence-electron chi connectivity index (χ0n) is 12.9. The van der Waals surface area contributed by atoms with Gasteiger partial charge >= 0.3 is 5.97 Å². The molecule has 2 N–H and O–H groups in total. The summed E-state index contributed by atoms with van der Waals surface area (Å²) in [6.07, 6.45) is 1.20. The first-order chi connectivity index (χ1) is 11.6. The lowest BCUT2D eigenvalue weighted by Gasteiger charge is -2.10. The van der Waals surface area contributed by atoms with Crippen LogP contribution in [0.5, 0.6) is 11.5 Å². The van der Waals surface area contributed by atoms with E-state index in [4.69, 9.17) is 14.6 Å². The van der Waals surface area contributed by atoms with Gasteiger partial charge in [-0.25, -0.2) is 4.79 Å². The van der Waals surface area contributed by atoms with Crippen LogP contribution in [0.4, 0.5) is 0 Å². The predicted octanol–water partition coefficient (Wildman–Crippen LogP) is 2.81. The molecule has 0 radical (unpaired) electrons. The van der Waals surface area contributed by atoms with Gasteiger partial charge in [0.05, 0.1) is 12.5 Å². The molecule has 0 spiro atoms. The summed E-state index contributed by atoms with van der Waals surface area (Å²) in [6.45, 7) is 0.270. The number of hydrogen-bond acceptors (Lipinski definition) is 4. The second-order valence-corrected chi connectivity index (χ2v) is 5.14. The van der Waals surface area contributed by atoms with Crippen molar-refractivity contribution in [2.24, 2.45) is 0 Å². The lowest BCUT2D eigenvalue weighted by atomic mass is 10.1. The van der Waals surface area contributed by atoms with Crippen LogP contribution in [0.15, 0.2) is 53.5 Å². The molecule has 122 valence electrons. The lowest BCUT2D eigenvalue weighted by molar-refractivity contribution is 0.0695. The molecule has 0 aliphatic heterocycles. The minimum absolute atomic E-state index is 0.270. The molecule has 0 aliphatic carbocycles. The average molecular weight is 325 g/mol. The fourth-order valence-corrected chi connectivity index (χ4v) is 2.43. The highest BCUT2D eigenvalue weighted by Crippen LogP contribution is 2.22. The Morgan fingerprint density at radius 1 is 1.21 bits per heavy atom. The monoisotopic (exact) mass is 325 g/mol. The zero-order chi connectivity index (χ0) is 17.1. The van der Waals surface area contributed by atoms with E-state index in [0.29, 0.717) is 17.0 Å². The van der Waals surface area contributed by atoms with E-state index >= 15 is 0 Å². The Hall–Kier alpha value is -3.28. The summed E-state index contributed by atoms with van der Waals surface area (Å²) in [5.74, 6) is -0.0794. The van der Waals surface area contributed by atoms with Crippen LogP contribution in [0.2, 0.25) is 0 Å². The van der Waals surface area contributed by atoms with Crippen molar-refractivity contribution in [1.82, 2.24) is 4.98 Å². The highest BCUT2D eigenvalue weighted by Gasteiger charge is 2.12. The number of carboxylic acids is 1. The number of carbonyl (C=O) groups is 1. The number of nitrogens with one attached hydrogen (secondary N) is 1. The van der Waals surface area contributed by atoms with Gasteiger partial charge in [0.2, 0.25) is 5.43 Å². The Kier molecular flexibility index (Phi) is 4.20. The number of hydrogen-bond donors (Lipinski definition) is 2. The van der Waals surface area contributed by atoms with E-state index in [2.05, 4.69) is 4.98 Å². The maximum absolute atomic E-state index is 12.2. The Bertz CT molecular complexity index is 961. The van der Waals surface area contributed by atoms with Crippen LogP contribution in [-0.2, 0) is 6.61 Å². The smallest absolute Gasteiger partial charge is 0.341 e. The number of carboxylic acid groups (broad SMARTS) is 1. The molecule has 6 nitrogen and oxygen atoms in total. The summed E-state index contributed by atoms with van der Waals surface area (Å²) in [4.78, 5) is 26.1. The molecule has 6 heteroatoms. The molecule has 1 aromatic heterocycles. The summed E-state index contributed by atoms with van der Waals surface area (Å²) in [5, 5.41) is 9.31. The first kappa shape index (κ1) is 15.6. The van der Waals surface area contributed by atoms with E-state index in [0.717, 1.165) is 5.56 Å². The average Bonchev–Trinajstić information content (AvgIpc) is 2.60. The number of rotatable bonds is 5. The molecule has 0 fully saturated rings. The van der Waals surface area contributed by atoms with Gasteiger partial charge in [-0.05, 0) is 24.3 Å². The highest BCUT2D eigenvalue weighted by atomic mass is 16.5. The van der Waals surface area contributed by atoms with Crippen molar-refractivity contribution in [3.63, 3.8) is 0 Å². The maximum atomic E-state index is 12.2. The van der Waals surface area contributed by atoms with Gasteiger partial charge in [-0.2, -0.15) is 0 Å². The molecule has 3 rings (SSSR count). The van der Waals surface area contributed by atoms with Gasteiger partial charge in [-0.15, -0.1) is 0 Å². The number of fused-ring (bicyclic) bond motifs is 1. The number of aromatic amines is 1. The van der Waals surface area contributed by atoms with Gasteiger partial charge in [0.25, 0.3) is 0 Å². The molecule has 2 aromatic carbocycles. The van der Waals surface area contributed by atoms with E-state index in [-0.39, 0.29) is 17.6 Å². The quantitative estimate of drug-likeness (QED) is 0.753. The highest BCUT2D eigenvalue weighted by molar-refractivity contribution is 5.92. The number of aromatic nitrogens is 1. The molecule has 24 heavy (non-hydrogen) atoms. The van der Waals surface area contributed by atoms with Crippen molar-refractivity contribution >= 4 is 16.9 Å². The van der Waals surface area contributed by atoms with Gasteiger partial charge in [0.15, 0.2) is 0 Å². The summed E-state index contributed by atoms with van der Waals surface area (Å²) < 4.78 is 11.0. The van der Waals surface area contributed by atoms with Gasteiger partial charge in [0, 0.05) is 17.3 Å². The van der Waals surface area contributed by atoms with Crippen LogP contribution in [0.25, 0.3) is 10.9 Å². The normalized spacial score (nSPS) is 10.5. The maximum Gasteiger partial charge on any atom is 0.341 e. The molecular formula is C18H15NO5. The van der Waals surface area contributed by atoms with E-state index < -0.39 is 11.4 Å². The van der Waals surface area contributed by atoms with Crippen LogP contribution in [0.3, 0.4) is 0 Å². The summed E-state index contributed by atoms with van der Waals surface area (Å²) in [6, 6.07) is 12.4. The number of methoxy groups -OCH3 is 1. The molecule has 0 atom stereocenters. The molecule has 0 bridgehead atoms. The molecule has 0 saturated carbocycles. The first-order valence-electron chi connectivity index (χ1n) is 7.23. The fraction of sp³-hybridized carbons (Fsp3) is 0.111. The van der Waals surface area contributed by atoms with Crippen LogP contribution in [-0.4, -0.2) is 23.2 Å². The molecule has 3 aromatic rings. The second-order valence-electron chi connectivity index (χ2n) is 5.14. The summed E-state index contributed by atoms with van der Waals surface area (Å²) in [7, 11) is 1.59. The van der Waals surface area contributed by atoms with E-state index in [1.807, 2.05) is 24.3 Å². The molecule has 0 aliphatic rings. The van der Waals surface area contributed by atoms with Crippen LogP contribution in [0, 0.1) is 0 Å². The van der Waals surface area contributed by atoms with Crippen molar-refractivity contribution in [3.8, 4) is 11.5 Å². The molecule has 1 heterocycles. The third-order valence-corrected chi connectivity index (χ3v) is 3.67. The fourth-order valence-electron chi connectivity index (χ4n) is 2.43. The summed E-state index contributed by atoms with van der Waals surface area (Å²) in [5.41, 5.74) is 0.575. The molecular weight excluding hydrogens is 310 g/mol. The number of benzene rings is 2. The molecule has 0 unspecified atom stereocenters. The largest absolute Gasteiger partial charge is 0.496 e. The van der Waals surface area contributed by atoms with Crippen LogP contribution >= 0.6 is 0 Å². The van der Waals surface area contributed by atoms with E-state index in [1.165, 1.54) is 12.3 Å². The van der Waals surface area contributed by atoms with Gasteiger partial charge in [0.1, 0.15) is 23.7 Å². The lowest BCUT2D eigenvalue weighted by Crippen LogP contribution is -2.15. The molecule has 0 amide bonds. The Morgan fingerprint density at radius 3 is 2.75 bits per heavy atom. The van der Waals surface area contributed by atoms with Crippen molar-refractivity contribution in [1.29, 1.82) is 0 Å². The van der Waals surface area contributed by atoms with Gasteiger partial charge in [-0.3, -0.25) is 4.79 Å². The Morgan fingerprint density at radius 2 is 2.00 bits per heavy atom. The number of H-pyrrole nitrogens is 1. The third-order valence-electron chi connectivity index (χ3n) is 3.67. The minimum atomic E-state index is -1.27. The van der Waals surface area contributed by atoms with Crippen molar-refractivity contribution < 1.29 is 19.4 Å². The van der Waals surface area contributed by atoms with Crippen molar-refractivity contribution in [3.05, 3.63) is 70.0 Å². The van der Waals surface area contributed by atoms with Crippen molar-refractivity contribution in [2.45, 2.75) is 6.61 Å². The van der Waals surface area contributed by atoms with E-state index in [1.54, 1.807) is 19.2 Å². The number of aromatic carboxylic acids is 1. The Labute approximate surface area is 137 Å². The summed E-state index contributed by atoms with van der Waals surface area (Å²) >= 11 is 0. The first-order valence-corrected chi connectivity index (χ1v) is 7.23.